The van der Waals surface area contributed by atoms with Crippen molar-refractivity contribution in [3.63, 3.8) is 0 Å². The van der Waals surface area contributed by atoms with Crippen molar-refractivity contribution in [2.45, 2.75) is 6.18 Å². The molecule has 0 saturated heterocycles. The normalized spacial score (nSPS) is 11.3. The van der Waals surface area contributed by atoms with Gasteiger partial charge in [-0.3, -0.25) is 0 Å². The summed E-state index contributed by atoms with van der Waals surface area (Å²) in [4.78, 5) is 3.73. The van der Waals surface area contributed by atoms with Crippen LogP contribution in [-0.2, 0) is 6.18 Å². The molecule has 0 spiro atoms. The molecule has 1 aromatic carbocycles. The molecule has 0 N–H and O–H groups in total. The molecule has 0 unspecified atom stereocenters. The maximum atomic E-state index is 12.5. The molecule has 0 amide bonds. The summed E-state index contributed by atoms with van der Waals surface area (Å²) >= 11 is 0. The van der Waals surface area contributed by atoms with Crippen LogP contribution in [0.15, 0.2) is 42.6 Å². The zero-order valence-corrected chi connectivity index (χ0v) is 9.24. The number of ether oxygens (including phenoxy) is 1. The Balaban J connectivity index is 2.22. The predicted molar refractivity (Wildman–Crippen MR) is 60.2 cm³/mol. The van der Waals surface area contributed by atoms with Gasteiger partial charge in [0, 0.05) is 12.3 Å². The van der Waals surface area contributed by atoms with E-state index in [1.54, 1.807) is 24.3 Å². The lowest BCUT2D eigenvalue weighted by Gasteiger charge is -2.09. The quantitative estimate of drug-likeness (QED) is 0.803. The van der Waals surface area contributed by atoms with Crippen LogP contribution >= 0.6 is 0 Å². The van der Waals surface area contributed by atoms with Crippen LogP contribution in [0.3, 0.4) is 0 Å². The highest BCUT2D eigenvalue weighted by Crippen LogP contribution is 2.31. The van der Waals surface area contributed by atoms with Crippen molar-refractivity contribution >= 4 is 0 Å². The molecule has 1 radical (unpaired) electrons. The van der Waals surface area contributed by atoms with Gasteiger partial charge in [-0.15, -0.1) is 0 Å². The average Bonchev–Trinajstić information content (AvgIpc) is 2.31. The minimum atomic E-state index is -4.40. The Hall–Kier alpha value is -2.04. The van der Waals surface area contributed by atoms with Gasteiger partial charge in [0.05, 0.1) is 5.56 Å². The van der Waals surface area contributed by atoms with Gasteiger partial charge in [0.25, 0.3) is 0 Å². The molecular formula is C13H9F3NO. The first-order valence-electron chi connectivity index (χ1n) is 5.08. The van der Waals surface area contributed by atoms with Crippen LogP contribution < -0.4 is 4.74 Å². The molecule has 0 aliphatic rings. The lowest BCUT2D eigenvalue weighted by molar-refractivity contribution is -0.137. The summed E-state index contributed by atoms with van der Waals surface area (Å²) in [7, 11) is 0. The molecule has 0 bridgehead atoms. The van der Waals surface area contributed by atoms with Crippen LogP contribution in [-0.4, -0.2) is 4.98 Å². The van der Waals surface area contributed by atoms with Gasteiger partial charge in [0.15, 0.2) is 0 Å². The second-order valence-electron chi connectivity index (χ2n) is 3.63. The van der Waals surface area contributed by atoms with Crippen LogP contribution in [0.25, 0.3) is 0 Å². The van der Waals surface area contributed by atoms with Crippen LogP contribution in [0.1, 0.15) is 11.1 Å². The maximum Gasteiger partial charge on any atom is 0.416 e. The number of pyridine rings is 1. The molecule has 0 atom stereocenters. The monoisotopic (exact) mass is 252 g/mol. The number of nitrogens with zero attached hydrogens (tertiary/aromatic N) is 1. The highest BCUT2D eigenvalue weighted by Gasteiger charge is 2.30. The van der Waals surface area contributed by atoms with Crippen molar-refractivity contribution < 1.29 is 17.9 Å². The Kier molecular flexibility index (Phi) is 3.23. The van der Waals surface area contributed by atoms with Gasteiger partial charge < -0.3 is 4.74 Å². The molecule has 18 heavy (non-hydrogen) atoms. The van der Waals surface area contributed by atoms with Crippen LogP contribution in [0.4, 0.5) is 13.2 Å². The van der Waals surface area contributed by atoms with Gasteiger partial charge in [-0.1, -0.05) is 12.1 Å². The molecule has 1 heterocycles. The van der Waals surface area contributed by atoms with Crippen LogP contribution in [0, 0.1) is 6.92 Å². The fourth-order valence-electron chi connectivity index (χ4n) is 1.32. The van der Waals surface area contributed by atoms with E-state index in [1.807, 2.05) is 0 Å². The van der Waals surface area contributed by atoms with Crippen molar-refractivity contribution in [1.29, 1.82) is 0 Å². The number of hydrogen-bond donors (Lipinski definition) is 0. The van der Waals surface area contributed by atoms with E-state index in [9.17, 15) is 13.2 Å². The molecule has 5 heteroatoms. The third kappa shape index (κ3) is 3.00. The van der Waals surface area contributed by atoms with Gasteiger partial charge in [-0.25, -0.2) is 4.98 Å². The molecule has 0 fully saturated rings. The Bertz CT molecular complexity index is 535. The van der Waals surface area contributed by atoms with E-state index in [4.69, 9.17) is 4.74 Å². The van der Waals surface area contributed by atoms with Crippen LogP contribution in [0.2, 0.25) is 0 Å². The summed E-state index contributed by atoms with van der Waals surface area (Å²) in [6.07, 6.45) is -3.34. The van der Waals surface area contributed by atoms with Gasteiger partial charge in [-0.2, -0.15) is 13.2 Å². The SMILES string of the molecule is [CH2]c1ccc(Oc2cc(C(F)(F)F)ccn2)cc1. The van der Waals surface area contributed by atoms with Crippen molar-refractivity contribution in [3.8, 4) is 11.6 Å². The molecule has 2 nitrogen and oxygen atoms in total. The maximum absolute atomic E-state index is 12.5. The molecule has 0 saturated carbocycles. The fourth-order valence-corrected chi connectivity index (χ4v) is 1.32. The molecule has 93 valence electrons. The van der Waals surface area contributed by atoms with E-state index in [0.717, 1.165) is 23.9 Å². The van der Waals surface area contributed by atoms with Crippen molar-refractivity contribution in [3.05, 3.63) is 60.6 Å². The van der Waals surface area contributed by atoms with Gasteiger partial charge in [0.2, 0.25) is 5.88 Å². The molecular weight excluding hydrogens is 243 g/mol. The molecule has 1 aromatic heterocycles. The summed E-state index contributed by atoms with van der Waals surface area (Å²) in [6, 6.07) is 8.38. The average molecular weight is 252 g/mol. The van der Waals surface area contributed by atoms with E-state index in [-0.39, 0.29) is 5.88 Å². The highest BCUT2D eigenvalue weighted by atomic mass is 19.4. The summed E-state index contributed by atoms with van der Waals surface area (Å²) in [5.41, 5.74) is 0.000583. The zero-order chi connectivity index (χ0) is 13.2. The summed E-state index contributed by atoms with van der Waals surface area (Å²) < 4.78 is 42.6. The zero-order valence-electron chi connectivity index (χ0n) is 9.24. The topological polar surface area (TPSA) is 22.1 Å². The van der Waals surface area contributed by atoms with E-state index >= 15 is 0 Å². The van der Waals surface area contributed by atoms with Gasteiger partial charge >= 0.3 is 6.18 Å². The molecule has 0 aliphatic heterocycles. The second-order valence-corrected chi connectivity index (χ2v) is 3.63. The highest BCUT2D eigenvalue weighted by molar-refractivity contribution is 5.32. The summed E-state index contributed by atoms with van der Waals surface area (Å²) in [6.45, 7) is 3.70. The molecule has 2 rings (SSSR count). The van der Waals surface area contributed by atoms with E-state index in [0.29, 0.717) is 5.75 Å². The lowest BCUT2D eigenvalue weighted by Crippen LogP contribution is -2.05. The number of alkyl halides is 3. The number of aromatic nitrogens is 1. The minimum absolute atomic E-state index is 0.0957. The Morgan fingerprint density at radius 3 is 2.33 bits per heavy atom. The smallest absolute Gasteiger partial charge is 0.416 e. The lowest BCUT2D eigenvalue weighted by atomic mass is 10.2. The number of rotatable bonds is 2. The standard InChI is InChI=1S/C13H9F3NO/c1-9-2-4-11(5-3-9)18-12-8-10(6-7-17-12)13(14,15)16/h2-8H,1H2. The van der Waals surface area contributed by atoms with Crippen LogP contribution in [0.5, 0.6) is 11.6 Å². The molecule has 2 aromatic rings. The van der Waals surface area contributed by atoms with E-state index in [2.05, 4.69) is 11.9 Å². The predicted octanol–water partition coefficient (Wildman–Crippen LogP) is 4.07. The van der Waals surface area contributed by atoms with E-state index in [1.165, 1.54) is 0 Å². The Morgan fingerprint density at radius 2 is 1.72 bits per heavy atom. The number of halogens is 3. The fraction of sp³-hybridized carbons (Fsp3) is 0.0769. The third-order valence-electron chi connectivity index (χ3n) is 2.21. The Labute approximate surface area is 102 Å². The summed E-state index contributed by atoms with van der Waals surface area (Å²) in [5.74, 6) is 0.316. The summed E-state index contributed by atoms with van der Waals surface area (Å²) in [5, 5.41) is 0. The minimum Gasteiger partial charge on any atom is -0.439 e. The van der Waals surface area contributed by atoms with E-state index < -0.39 is 11.7 Å². The number of hydrogen-bond acceptors (Lipinski definition) is 2. The first-order valence-corrected chi connectivity index (χ1v) is 5.08. The first kappa shape index (κ1) is 12.4. The van der Waals surface area contributed by atoms with Crippen molar-refractivity contribution in [1.82, 2.24) is 4.98 Å². The first-order chi connectivity index (χ1) is 8.45. The molecule has 0 aliphatic carbocycles. The third-order valence-corrected chi connectivity index (χ3v) is 2.21. The number of benzene rings is 1. The van der Waals surface area contributed by atoms with Gasteiger partial charge in [0.1, 0.15) is 5.75 Å². The largest absolute Gasteiger partial charge is 0.439 e. The van der Waals surface area contributed by atoms with Crippen molar-refractivity contribution in [2.75, 3.05) is 0 Å². The van der Waals surface area contributed by atoms with Crippen molar-refractivity contribution in [2.24, 2.45) is 0 Å². The van der Waals surface area contributed by atoms with Gasteiger partial charge in [-0.05, 0) is 30.7 Å². The Morgan fingerprint density at radius 1 is 1.06 bits per heavy atom. The second kappa shape index (κ2) is 4.68.